The van der Waals surface area contributed by atoms with Crippen molar-refractivity contribution in [2.75, 3.05) is 0 Å². The fraction of sp³-hybridized carbons (Fsp3) is 0. The van der Waals surface area contributed by atoms with Gasteiger partial charge in [-0.15, -0.1) is 0 Å². The van der Waals surface area contributed by atoms with E-state index in [0.29, 0.717) is 16.7 Å². The van der Waals surface area contributed by atoms with E-state index in [0.717, 1.165) is 6.07 Å². The number of halogens is 2. The highest BCUT2D eigenvalue weighted by Gasteiger charge is 2.08. The normalized spacial score (nSPS) is 9.93. The van der Waals surface area contributed by atoms with Gasteiger partial charge in [0, 0.05) is 24.0 Å². The van der Waals surface area contributed by atoms with Crippen molar-refractivity contribution in [2.45, 2.75) is 0 Å². The third kappa shape index (κ3) is 1.72. The standard InChI is InChI=1S/C11H6F2N2/c12-9-1-7(2-10(13)3-9)11-6-15-5-8(11)4-14/h1-3,5-6,15H. The quantitative estimate of drug-likeness (QED) is 0.762. The van der Waals surface area contributed by atoms with Crippen molar-refractivity contribution in [3.8, 4) is 17.2 Å². The number of aromatic amines is 1. The minimum Gasteiger partial charge on any atom is -0.366 e. The summed E-state index contributed by atoms with van der Waals surface area (Å²) >= 11 is 0. The Morgan fingerprint density at radius 3 is 2.33 bits per heavy atom. The number of rotatable bonds is 1. The predicted octanol–water partition coefficient (Wildman–Crippen LogP) is 2.83. The largest absolute Gasteiger partial charge is 0.366 e. The Hall–Kier alpha value is -2.15. The number of hydrogen-bond acceptors (Lipinski definition) is 1. The second-order valence-corrected chi connectivity index (χ2v) is 3.05. The lowest BCUT2D eigenvalue weighted by Crippen LogP contribution is -1.84. The lowest BCUT2D eigenvalue weighted by molar-refractivity contribution is 0.584. The second-order valence-electron chi connectivity index (χ2n) is 3.05. The molecule has 0 aliphatic carbocycles. The monoisotopic (exact) mass is 204 g/mol. The summed E-state index contributed by atoms with van der Waals surface area (Å²) in [5, 5.41) is 8.75. The molecule has 2 aromatic rings. The van der Waals surface area contributed by atoms with Crippen molar-refractivity contribution in [2.24, 2.45) is 0 Å². The Bertz CT molecular complexity index is 518. The first-order valence-electron chi connectivity index (χ1n) is 4.24. The highest BCUT2D eigenvalue weighted by molar-refractivity contribution is 5.69. The first-order valence-corrected chi connectivity index (χ1v) is 4.24. The van der Waals surface area contributed by atoms with Gasteiger partial charge < -0.3 is 4.98 Å². The van der Waals surface area contributed by atoms with Crippen LogP contribution < -0.4 is 0 Å². The molecule has 1 aromatic carbocycles. The predicted molar refractivity (Wildman–Crippen MR) is 50.9 cm³/mol. The molecule has 2 rings (SSSR count). The van der Waals surface area contributed by atoms with Crippen LogP contribution in [0, 0.1) is 23.0 Å². The van der Waals surface area contributed by atoms with E-state index in [1.54, 1.807) is 0 Å². The van der Waals surface area contributed by atoms with Gasteiger partial charge in [0.2, 0.25) is 0 Å². The molecule has 0 bridgehead atoms. The number of H-pyrrole nitrogens is 1. The number of nitrogens with zero attached hydrogens (tertiary/aromatic N) is 1. The molecule has 0 aliphatic rings. The van der Waals surface area contributed by atoms with Gasteiger partial charge >= 0.3 is 0 Å². The van der Waals surface area contributed by atoms with Crippen LogP contribution in [0.25, 0.3) is 11.1 Å². The lowest BCUT2D eigenvalue weighted by atomic mass is 10.1. The summed E-state index contributed by atoms with van der Waals surface area (Å²) in [6.45, 7) is 0. The SMILES string of the molecule is N#Cc1c[nH]cc1-c1cc(F)cc(F)c1. The van der Waals surface area contributed by atoms with Crippen LogP contribution >= 0.6 is 0 Å². The second kappa shape index (κ2) is 3.54. The number of nitrogens with one attached hydrogen (secondary N) is 1. The maximum absolute atomic E-state index is 12.9. The minimum atomic E-state index is -0.657. The van der Waals surface area contributed by atoms with E-state index < -0.39 is 11.6 Å². The topological polar surface area (TPSA) is 39.6 Å². The number of aromatic nitrogens is 1. The van der Waals surface area contributed by atoms with Crippen molar-refractivity contribution < 1.29 is 8.78 Å². The van der Waals surface area contributed by atoms with Gasteiger partial charge in [0.15, 0.2) is 0 Å². The molecule has 0 atom stereocenters. The third-order valence-corrected chi connectivity index (χ3v) is 2.04. The number of hydrogen-bond donors (Lipinski definition) is 1. The molecule has 1 N–H and O–H groups in total. The summed E-state index contributed by atoms with van der Waals surface area (Å²) in [7, 11) is 0. The fourth-order valence-electron chi connectivity index (χ4n) is 1.40. The summed E-state index contributed by atoms with van der Waals surface area (Å²) in [4.78, 5) is 2.72. The van der Waals surface area contributed by atoms with E-state index in [2.05, 4.69) is 4.98 Å². The number of benzene rings is 1. The highest BCUT2D eigenvalue weighted by atomic mass is 19.1. The Balaban J connectivity index is 2.60. The molecule has 0 spiro atoms. The first-order chi connectivity index (χ1) is 7.20. The van der Waals surface area contributed by atoms with Crippen LogP contribution in [0.1, 0.15) is 5.56 Å². The Labute approximate surface area is 84.8 Å². The van der Waals surface area contributed by atoms with Gasteiger partial charge in [-0.3, -0.25) is 0 Å². The van der Waals surface area contributed by atoms with Crippen LogP contribution in [0.3, 0.4) is 0 Å². The molecule has 0 fully saturated rings. The van der Waals surface area contributed by atoms with E-state index in [1.165, 1.54) is 24.5 Å². The van der Waals surface area contributed by atoms with Gasteiger partial charge in [0.25, 0.3) is 0 Å². The zero-order valence-electron chi connectivity index (χ0n) is 7.59. The molecule has 1 heterocycles. The smallest absolute Gasteiger partial charge is 0.126 e. The molecule has 0 radical (unpaired) electrons. The average Bonchev–Trinajstić information content (AvgIpc) is 2.63. The third-order valence-electron chi connectivity index (χ3n) is 2.04. The summed E-state index contributed by atoms with van der Waals surface area (Å²) in [5.74, 6) is -1.31. The van der Waals surface area contributed by atoms with Gasteiger partial charge in [-0.1, -0.05) is 0 Å². The molecule has 74 valence electrons. The van der Waals surface area contributed by atoms with Gasteiger partial charge in [0.1, 0.15) is 17.7 Å². The van der Waals surface area contributed by atoms with E-state index in [1.807, 2.05) is 6.07 Å². The van der Waals surface area contributed by atoms with Crippen molar-refractivity contribution >= 4 is 0 Å². The Kier molecular flexibility index (Phi) is 2.22. The number of nitriles is 1. The molecule has 15 heavy (non-hydrogen) atoms. The molecule has 0 unspecified atom stereocenters. The molecule has 0 saturated heterocycles. The van der Waals surface area contributed by atoms with Gasteiger partial charge in [-0.05, 0) is 17.7 Å². The molecular formula is C11H6F2N2. The molecular weight excluding hydrogens is 198 g/mol. The van der Waals surface area contributed by atoms with Crippen LogP contribution in [0.5, 0.6) is 0 Å². The molecule has 0 amide bonds. The van der Waals surface area contributed by atoms with Crippen LogP contribution in [-0.4, -0.2) is 4.98 Å². The van der Waals surface area contributed by atoms with Gasteiger partial charge in [-0.2, -0.15) is 5.26 Å². The van der Waals surface area contributed by atoms with E-state index >= 15 is 0 Å². The summed E-state index contributed by atoms with van der Waals surface area (Å²) in [6.07, 6.45) is 3.02. The summed E-state index contributed by atoms with van der Waals surface area (Å²) in [6, 6.07) is 5.11. The lowest BCUT2D eigenvalue weighted by Gasteiger charge is -1.99. The zero-order chi connectivity index (χ0) is 10.8. The maximum Gasteiger partial charge on any atom is 0.126 e. The van der Waals surface area contributed by atoms with Crippen molar-refractivity contribution in [3.63, 3.8) is 0 Å². The minimum absolute atomic E-state index is 0.352. The van der Waals surface area contributed by atoms with Gasteiger partial charge in [-0.25, -0.2) is 8.78 Å². The highest BCUT2D eigenvalue weighted by Crippen LogP contribution is 2.24. The maximum atomic E-state index is 12.9. The first kappa shape index (κ1) is 9.41. The van der Waals surface area contributed by atoms with Crippen LogP contribution in [-0.2, 0) is 0 Å². The Morgan fingerprint density at radius 1 is 1.07 bits per heavy atom. The van der Waals surface area contributed by atoms with E-state index in [4.69, 9.17) is 5.26 Å². The fourth-order valence-corrected chi connectivity index (χ4v) is 1.40. The van der Waals surface area contributed by atoms with E-state index in [-0.39, 0.29) is 0 Å². The molecule has 0 aliphatic heterocycles. The van der Waals surface area contributed by atoms with Crippen molar-refractivity contribution in [1.29, 1.82) is 5.26 Å². The summed E-state index contributed by atoms with van der Waals surface area (Å²) < 4.78 is 25.8. The van der Waals surface area contributed by atoms with Crippen molar-refractivity contribution in [1.82, 2.24) is 4.98 Å². The molecule has 1 aromatic heterocycles. The zero-order valence-corrected chi connectivity index (χ0v) is 7.59. The van der Waals surface area contributed by atoms with Crippen molar-refractivity contribution in [3.05, 3.63) is 47.8 Å². The van der Waals surface area contributed by atoms with Crippen LogP contribution in [0.4, 0.5) is 8.78 Å². The molecule has 0 saturated carbocycles. The molecule has 2 nitrogen and oxygen atoms in total. The average molecular weight is 204 g/mol. The summed E-state index contributed by atoms with van der Waals surface area (Å²) in [5.41, 5.74) is 1.21. The Morgan fingerprint density at radius 2 is 1.73 bits per heavy atom. The van der Waals surface area contributed by atoms with Crippen LogP contribution in [0.2, 0.25) is 0 Å². The van der Waals surface area contributed by atoms with E-state index in [9.17, 15) is 8.78 Å². The van der Waals surface area contributed by atoms with Gasteiger partial charge in [0.05, 0.1) is 5.56 Å². The molecule has 4 heteroatoms. The van der Waals surface area contributed by atoms with Crippen LogP contribution in [0.15, 0.2) is 30.6 Å².